The Bertz CT molecular complexity index is 148. The molecular formula is C11H24N2S. The van der Waals surface area contributed by atoms with E-state index in [-0.39, 0.29) is 5.54 Å². The number of hydrogen-bond donors (Lipinski definition) is 2. The summed E-state index contributed by atoms with van der Waals surface area (Å²) in [5, 5.41) is 3.57. The molecule has 3 N–H and O–H groups in total. The molecule has 0 saturated carbocycles. The minimum absolute atomic E-state index is 0.00927. The fraction of sp³-hybridized carbons (Fsp3) is 1.00. The molecule has 2 nitrogen and oxygen atoms in total. The Balaban J connectivity index is 1.97. The zero-order chi connectivity index (χ0) is 10.4. The molecular weight excluding hydrogens is 192 g/mol. The Morgan fingerprint density at radius 2 is 2.21 bits per heavy atom. The van der Waals surface area contributed by atoms with Crippen molar-refractivity contribution in [1.82, 2.24) is 5.32 Å². The van der Waals surface area contributed by atoms with Crippen LogP contribution >= 0.6 is 11.8 Å². The molecule has 1 aliphatic rings. The van der Waals surface area contributed by atoms with E-state index >= 15 is 0 Å². The van der Waals surface area contributed by atoms with E-state index in [0.29, 0.717) is 0 Å². The van der Waals surface area contributed by atoms with Gasteiger partial charge in [-0.05, 0) is 45.4 Å². The monoisotopic (exact) mass is 216 g/mol. The molecule has 1 saturated heterocycles. The average Bonchev–Trinajstić information content (AvgIpc) is 2.13. The van der Waals surface area contributed by atoms with Crippen molar-refractivity contribution < 1.29 is 0 Å². The molecule has 0 bridgehead atoms. The van der Waals surface area contributed by atoms with Crippen molar-refractivity contribution in [1.29, 1.82) is 0 Å². The Hall–Kier alpha value is 0.270. The minimum Gasteiger partial charge on any atom is -0.325 e. The number of hydrogen-bond acceptors (Lipinski definition) is 3. The van der Waals surface area contributed by atoms with Crippen molar-refractivity contribution in [3.63, 3.8) is 0 Å². The second-order valence-electron chi connectivity index (χ2n) is 4.98. The molecule has 1 fully saturated rings. The lowest BCUT2D eigenvalue weighted by Crippen LogP contribution is -2.36. The van der Waals surface area contributed by atoms with Crippen LogP contribution in [-0.2, 0) is 0 Å². The van der Waals surface area contributed by atoms with Gasteiger partial charge in [0.05, 0.1) is 0 Å². The molecule has 0 aliphatic carbocycles. The third-order valence-corrected chi connectivity index (χ3v) is 3.97. The van der Waals surface area contributed by atoms with Gasteiger partial charge in [0.15, 0.2) is 0 Å². The van der Waals surface area contributed by atoms with E-state index in [1.165, 1.54) is 38.0 Å². The third kappa shape index (κ3) is 5.89. The van der Waals surface area contributed by atoms with Crippen LogP contribution in [0.5, 0.6) is 0 Å². The van der Waals surface area contributed by atoms with Crippen LogP contribution < -0.4 is 11.1 Å². The summed E-state index contributed by atoms with van der Waals surface area (Å²) in [5.74, 6) is 2.32. The van der Waals surface area contributed by atoms with E-state index in [0.717, 1.165) is 11.8 Å². The van der Waals surface area contributed by atoms with Crippen molar-refractivity contribution >= 4 is 11.8 Å². The molecule has 0 radical (unpaired) electrons. The standard InChI is InChI=1S/C11H24N2S/c1-11(2,12)9-14-8-6-10-5-3-4-7-13-10/h10,13H,3-9,12H2,1-2H3. The molecule has 0 aromatic rings. The molecule has 84 valence electrons. The molecule has 14 heavy (non-hydrogen) atoms. The second kappa shape index (κ2) is 5.99. The van der Waals surface area contributed by atoms with Crippen LogP contribution in [0.1, 0.15) is 39.5 Å². The van der Waals surface area contributed by atoms with Crippen molar-refractivity contribution in [2.75, 3.05) is 18.1 Å². The van der Waals surface area contributed by atoms with Gasteiger partial charge in [-0.3, -0.25) is 0 Å². The number of piperidine rings is 1. The first kappa shape index (κ1) is 12.3. The molecule has 1 aliphatic heterocycles. The van der Waals surface area contributed by atoms with Crippen molar-refractivity contribution in [3.05, 3.63) is 0 Å². The molecule has 3 heteroatoms. The van der Waals surface area contributed by atoms with E-state index in [4.69, 9.17) is 5.73 Å². The van der Waals surface area contributed by atoms with E-state index in [2.05, 4.69) is 19.2 Å². The minimum atomic E-state index is -0.00927. The van der Waals surface area contributed by atoms with Crippen LogP contribution in [0.25, 0.3) is 0 Å². The van der Waals surface area contributed by atoms with Gasteiger partial charge < -0.3 is 11.1 Å². The fourth-order valence-corrected chi connectivity index (χ4v) is 2.85. The highest BCUT2D eigenvalue weighted by molar-refractivity contribution is 7.99. The summed E-state index contributed by atoms with van der Waals surface area (Å²) in [6.45, 7) is 5.41. The van der Waals surface area contributed by atoms with Gasteiger partial charge in [-0.1, -0.05) is 6.42 Å². The zero-order valence-corrected chi connectivity index (χ0v) is 10.3. The number of thioether (sulfide) groups is 1. The van der Waals surface area contributed by atoms with Crippen LogP contribution in [0.4, 0.5) is 0 Å². The highest BCUT2D eigenvalue weighted by Crippen LogP contribution is 2.15. The second-order valence-corrected chi connectivity index (χ2v) is 6.08. The first-order valence-electron chi connectivity index (χ1n) is 5.68. The van der Waals surface area contributed by atoms with Gasteiger partial charge in [0.1, 0.15) is 0 Å². The van der Waals surface area contributed by atoms with Gasteiger partial charge in [-0.25, -0.2) is 0 Å². The van der Waals surface area contributed by atoms with Gasteiger partial charge in [0, 0.05) is 17.3 Å². The maximum Gasteiger partial charge on any atom is 0.0188 e. The van der Waals surface area contributed by atoms with Crippen LogP contribution in [0.15, 0.2) is 0 Å². The Labute approximate surface area is 92.4 Å². The van der Waals surface area contributed by atoms with Gasteiger partial charge in [0.25, 0.3) is 0 Å². The van der Waals surface area contributed by atoms with E-state index in [9.17, 15) is 0 Å². The molecule has 1 unspecified atom stereocenters. The fourth-order valence-electron chi connectivity index (χ4n) is 1.73. The Kier molecular flexibility index (Phi) is 5.28. The normalized spacial score (nSPS) is 23.8. The summed E-state index contributed by atoms with van der Waals surface area (Å²) >= 11 is 1.99. The maximum atomic E-state index is 5.92. The van der Waals surface area contributed by atoms with Crippen molar-refractivity contribution in [3.8, 4) is 0 Å². The number of rotatable bonds is 5. The summed E-state index contributed by atoms with van der Waals surface area (Å²) in [4.78, 5) is 0. The average molecular weight is 216 g/mol. The lowest BCUT2D eigenvalue weighted by molar-refractivity contribution is 0.394. The summed E-state index contributed by atoms with van der Waals surface area (Å²) in [5.41, 5.74) is 5.91. The predicted octanol–water partition coefficient (Wildman–Crippen LogP) is 1.99. The molecule has 0 aromatic carbocycles. The SMILES string of the molecule is CC(C)(N)CSCCC1CCCCN1. The molecule has 1 atom stereocenters. The lowest BCUT2D eigenvalue weighted by Gasteiger charge is -2.24. The largest absolute Gasteiger partial charge is 0.325 e. The van der Waals surface area contributed by atoms with E-state index in [1.807, 2.05) is 11.8 Å². The molecule has 0 spiro atoms. The Morgan fingerprint density at radius 3 is 2.79 bits per heavy atom. The zero-order valence-electron chi connectivity index (χ0n) is 9.51. The summed E-state index contributed by atoms with van der Waals surface area (Å²) in [6.07, 6.45) is 5.44. The molecule has 1 heterocycles. The molecule has 1 rings (SSSR count). The summed E-state index contributed by atoms with van der Waals surface area (Å²) < 4.78 is 0. The maximum absolute atomic E-state index is 5.92. The number of nitrogens with two attached hydrogens (primary N) is 1. The van der Waals surface area contributed by atoms with Crippen LogP contribution in [-0.4, -0.2) is 29.6 Å². The quantitative estimate of drug-likeness (QED) is 0.690. The predicted molar refractivity (Wildman–Crippen MR) is 65.9 cm³/mol. The topological polar surface area (TPSA) is 38.0 Å². The van der Waals surface area contributed by atoms with Gasteiger partial charge in [-0.2, -0.15) is 11.8 Å². The summed E-state index contributed by atoms with van der Waals surface area (Å²) in [6, 6.07) is 0.775. The third-order valence-electron chi connectivity index (χ3n) is 2.50. The van der Waals surface area contributed by atoms with Crippen molar-refractivity contribution in [2.45, 2.75) is 51.1 Å². The first-order valence-corrected chi connectivity index (χ1v) is 6.83. The van der Waals surface area contributed by atoms with E-state index in [1.54, 1.807) is 0 Å². The molecule has 0 amide bonds. The Morgan fingerprint density at radius 1 is 1.43 bits per heavy atom. The highest BCUT2D eigenvalue weighted by atomic mass is 32.2. The van der Waals surface area contributed by atoms with Crippen molar-refractivity contribution in [2.24, 2.45) is 5.73 Å². The van der Waals surface area contributed by atoms with Gasteiger partial charge in [0.2, 0.25) is 0 Å². The lowest BCUT2D eigenvalue weighted by atomic mass is 10.0. The first-order chi connectivity index (χ1) is 6.58. The van der Waals surface area contributed by atoms with Crippen LogP contribution in [0.3, 0.4) is 0 Å². The molecule has 0 aromatic heterocycles. The summed E-state index contributed by atoms with van der Waals surface area (Å²) in [7, 11) is 0. The van der Waals surface area contributed by atoms with Gasteiger partial charge in [-0.15, -0.1) is 0 Å². The van der Waals surface area contributed by atoms with Crippen LogP contribution in [0, 0.1) is 0 Å². The number of nitrogens with one attached hydrogen (secondary N) is 1. The van der Waals surface area contributed by atoms with E-state index < -0.39 is 0 Å². The smallest absolute Gasteiger partial charge is 0.0188 e. The highest BCUT2D eigenvalue weighted by Gasteiger charge is 2.13. The van der Waals surface area contributed by atoms with Gasteiger partial charge >= 0.3 is 0 Å². The van der Waals surface area contributed by atoms with Crippen LogP contribution in [0.2, 0.25) is 0 Å².